The smallest absolute Gasteiger partial charge is 0.410 e. The third-order valence-corrected chi connectivity index (χ3v) is 4.80. The van der Waals surface area contributed by atoms with Crippen LogP contribution in [0.15, 0.2) is 30.3 Å². The van der Waals surface area contributed by atoms with Gasteiger partial charge in [-0.2, -0.15) is 0 Å². The van der Waals surface area contributed by atoms with Gasteiger partial charge in [0.2, 0.25) is 5.91 Å². The highest BCUT2D eigenvalue weighted by molar-refractivity contribution is 5.93. The Bertz CT molecular complexity index is 609. The predicted octanol–water partition coefficient (Wildman–Crippen LogP) is 4.47. The summed E-state index contributed by atoms with van der Waals surface area (Å²) in [5, 5.41) is 0. The molecular formula is C21H32N2O3. The highest BCUT2D eigenvalue weighted by atomic mass is 16.6. The van der Waals surface area contributed by atoms with Crippen molar-refractivity contribution < 1.29 is 14.3 Å². The number of amides is 2. The van der Waals surface area contributed by atoms with E-state index < -0.39 is 5.60 Å². The largest absolute Gasteiger partial charge is 0.444 e. The van der Waals surface area contributed by atoms with Crippen molar-refractivity contribution in [1.29, 1.82) is 0 Å². The molecule has 0 N–H and O–H groups in total. The lowest BCUT2D eigenvalue weighted by Crippen LogP contribution is -2.50. The van der Waals surface area contributed by atoms with Gasteiger partial charge >= 0.3 is 6.09 Å². The fourth-order valence-electron chi connectivity index (χ4n) is 3.47. The molecule has 1 aromatic carbocycles. The third-order valence-electron chi connectivity index (χ3n) is 4.80. The zero-order chi connectivity index (χ0) is 19.3. The van der Waals surface area contributed by atoms with E-state index in [9.17, 15) is 9.59 Å². The van der Waals surface area contributed by atoms with Crippen molar-refractivity contribution >= 4 is 17.7 Å². The van der Waals surface area contributed by atoms with Crippen LogP contribution in [-0.2, 0) is 9.53 Å². The zero-order valence-electron chi connectivity index (χ0n) is 16.7. The number of para-hydroxylation sites is 1. The van der Waals surface area contributed by atoms with Crippen LogP contribution in [0.1, 0.15) is 53.9 Å². The zero-order valence-corrected chi connectivity index (χ0v) is 16.7. The van der Waals surface area contributed by atoms with E-state index in [2.05, 4.69) is 6.92 Å². The molecule has 2 rings (SSSR count). The summed E-state index contributed by atoms with van der Waals surface area (Å²) in [7, 11) is 0. The van der Waals surface area contributed by atoms with Crippen molar-refractivity contribution in [2.45, 2.75) is 65.5 Å². The molecule has 1 aliphatic heterocycles. The molecule has 5 heteroatoms. The van der Waals surface area contributed by atoms with E-state index in [1.54, 1.807) is 4.90 Å². The van der Waals surface area contributed by atoms with Gasteiger partial charge in [0.25, 0.3) is 0 Å². The minimum absolute atomic E-state index is 0.0232. The summed E-state index contributed by atoms with van der Waals surface area (Å²) in [5.41, 5.74) is 0.422. The molecule has 0 aromatic heterocycles. The summed E-state index contributed by atoms with van der Waals surface area (Å²) in [5.74, 6) is 0.338. The first-order valence-electron chi connectivity index (χ1n) is 9.58. The summed E-state index contributed by atoms with van der Waals surface area (Å²) in [6.45, 7) is 11.0. The molecule has 0 aliphatic carbocycles. The first-order chi connectivity index (χ1) is 12.2. The lowest BCUT2D eigenvalue weighted by molar-refractivity contribution is -0.119. The van der Waals surface area contributed by atoms with Crippen LogP contribution in [-0.4, -0.2) is 41.6 Å². The molecule has 5 nitrogen and oxygen atoms in total. The molecule has 26 heavy (non-hydrogen) atoms. The number of benzene rings is 1. The quantitative estimate of drug-likeness (QED) is 0.796. The van der Waals surface area contributed by atoms with E-state index in [0.29, 0.717) is 19.5 Å². The number of piperidine rings is 1. The summed E-state index contributed by atoms with van der Waals surface area (Å²) in [6.07, 6.45) is 2.13. The lowest BCUT2D eigenvalue weighted by Gasteiger charge is -2.40. The van der Waals surface area contributed by atoms with E-state index in [4.69, 9.17) is 4.74 Å². The van der Waals surface area contributed by atoms with Crippen LogP contribution in [0.25, 0.3) is 0 Å². The second kappa shape index (κ2) is 8.56. The maximum atomic E-state index is 12.6. The van der Waals surface area contributed by atoms with E-state index in [1.807, 2.05) is 62.9 Å². The summed E-state index contributed by atoms with van der Waals surface area (Å²) in [4.78, 5) is 28.7. The molecule has 2 unspecified atom stereocenters. The minimum Gasteiger partial charge on any atom is -0.444 e. The van der Waals surface area contributed by atoms with Gasteiger partial charge in [0.1, 0.15) is 5.60 Å². The van der Waals surface area contributed by atoms with Gasteiger partial charge < -0.3 is 14.5 Å². The van der Waals surface area contributed by atoms with Crippen molar-refractivity contribution in [3.63, 3.8) is 0 Å². The molecule has 1 fully saturated rings. The van der Waals surface area contributed by atoms with Gasteiger partial charge in [-0.1, -0.05) is 25.1 Å². The second-order valence-corrected chi connectivity index (χ2v) is 8.02. The number of hydrogen-bond acceptors (Lipinski definition) is 3. The van der Waals surface area contributed by atoms with Gasteiger partial charge in [0.15, 0.2) is 0 Å². The van der Waals surface area contributed by atoms with Gasteiger partial charge in [-0.05, 0) is 58.6 Å². The van der Waals surface area contributed by atoms with Crippen molar-refractivity contribution in [3.8, 4) is 0 Å². The number of hydrogen-bond donors (Lipinski definition) is 0. The highest BCUT2D eigenvalue weighted by Crippen LogP contribution is 2.28. The number of carbonyl (C=O) groups is 2. The molecule has 1 saturated heterocycles. The standard InChI is InChI=1S/C21H32N2O3/c1-6-19(24)23(18-12-8-7-9-13-18)16(2)17-11-10-14-22(15-17)20(25)26-21(3,4)5/h7-9,12-13,16-17H,6,10-11,14-15H2,1-5H3. The van der Waals surface area contributed by atoms with Gasteiger partial charge in [-0.3, -0.25) is 4.79 Å². The van der Waals surface area contributed by atoms with E-state index in [1.165, 1.54) is 0 Å². The lowest BCUT2D eigenvalue weighted by atomic mass is 9.90. The average Bonchev–Trinajstić information content (AvgIpc) is 2.61. The Morgan fingerprint density at radius 1 is 1.27 bits per heavy atom. The molecule has 0 bridgehead atoms. The van der Waals surface area contributed by atoms with Crippen LogP contribution in [0.3, 0.4) is 0 Å². The molecule has 0 radical (unpaired) electrons. The van der Waals surface area contributed by atoms with Crippen molar-refractivity contribution in [1.82, 2.24) is 4.90 Å². The van der Waals surface area contributed by atoms with Gasteiger partial charge in [0, 0.05) is 31.2 Å². The van der Waals surface area contributed by atoms with Crippen molar-refractivity contribution in [3.05, 3.63) is 30.3 Å². The van der Waals surface area contributed by atoms with Crippen LogP contribution in [0.4, 0.5) is 10.5 Å². The van der Waals surface area contributed by atoms with Crippen molar-refractivity contribution in [2.24, 2.45) is 5.92 Å². The first-order valence-corrected chi connectivity index (χ1v) is 9.58. The topological polar surface area (TPSA) is 49.9 Å². The molecule has 1 heterocycles. The predicted molar refractivity (Wildman–Crippen MR) is 104 cm³/mol. The molecule has 0 spiro atoms. The summed E-state index contributed by atoms with van der Waals surface area (Å²) >= 11 is 0. The normalized spacial score (nSPS) is 19.0. The number of rotatable bonds is 4. The molecule has 2 atom stereocenters. The van der Waals surface area contributed by atoms with Crippen molar-refractivity contribution in [2.75, 3.05) is 18.0 Å². The average molecular weight is 360 g/mol. The molecule has 1 aromatic rings. The van der Waals surface area contributed by atoms with E-state index in [0.717, 1.165) is 18.5 Å². The van der Waals surface area contributed by atoms with Crippen LogP contribution >= 0.6 is 0 Å². The molecular weight excluding hydrogens is 328 g/mol. The van der Waals surface area contributed by atoms with Crippen LogP contribution in [0.5, 0.6) is 0 Å². The summed E-state index contributed by atoms with van der Waals surface area (Å²) in [6, 6.07) is 9.82. The number of nitrogens with zero attached hydrogens (tertiary/aromatic N) is 2. The van der Waals surface area contributed by atoms with E-state index >= 15 is 0 Å². The Hall–Kier alpha value is -2.04. The molecule has 2 amide bonds. The van der Waals surface area contributed by atoms with Gasteiger partial charge in [-0.15, -0.1) is 0 Å². The third kappa shape index (κ3) is 5.23. The van der Waals surface area contributed by atoms with Crippen LogP contribution in [0, 0.1) is 5.92 Å². The van der Waals surface area contributed by atoms with Gasteiger partial charge in [0.05, 0.1) is 0 Å². The second-order valence-electron chi connectivity index (χ2n) is 8.02. The Morgan fingerprint density at radius 3 is 2.50 bits per heavy atom. The minimum atomic E-state index is -0.496. The molecule has 1 aliphatic rings. The fourth-order valence-corrected chi connectivity index (χ4v) is 3.47. The Kier molecular flexibility index (Phi) is 6.68. The van der Waals surface area contributed by atoms with Crippen LogP contribution in [0.2, 0.25) is 0 Å². The maximum absolute atomic E-state index is 12.6. The monoisotopic (exact) mass is 360 g/mol. The number of likely N-dealkylation sites (tertiary alicyclic amines) is 1. The first kappa shape index (κ1) is 20.3. The van der Waals surface area contributed by atoms with Gasteiger partial charge in [-0.25, -0.2) is 4.79 Å². The maximum Gasteiger partial charge on any atom is 0.410 e. The number of ether oxygens (including phenoxy) is 1. The highest BCUT2D eigenvalue weighted by Gasteiger charge is 2.34. The Morgan fingerprint density at radius 2 is 1.92 bits per heavy atom. The summed E-state index contributed by atoms with van der Waals surface area (Å²) < 4.78 is 5.53. The fraction of sp³-hybridized carbons (Fsp3) is 0.619. The van der Waals surface area contributed by atoms with E-state index in [-0.39, 0.29) is 24.0 Å². The number of anilines is 1. The van der Waals surface area contributed by atoms with Crippen LogP contribution < -0.4 is 4.90 Å². The Labute approximate surface area is 157 Å². The molecule has 0 saturated carbocycles. The number of carbonyl (C=O) groups excluding carboxylic acids is 2. The molecule has 144 valence electrons. The SMILES string of the molecule is CCC(=O)N(c1ccccc1)C(C)C1CCCN(C(=O)OC(C)(C)C)C1. The Balaban J connectivity index is 2.14.